The fraction of sp³-hybridized carbons (Fsp3) is 0.500. The first-order chi connectivity index (χ1) is 8.22. The highest BCUT2D eigenvalue weighted by molar-refractivity contribution is 5.50. The van der Waals surface area contributed by atoms with Crippen molar-refractivity contribution in [1.29, 1.82) is 0 Å². The van der Waals surface area contributed by atoms with E-state index in [0.29, 0.717) is 11.3 Å². The van der Waals surface area contributed by atoms with E-state index in [1.807, 2.05) is 4.90 Å². The van der Waals surface area contributed by atoms with Crippen molar-refractivity contribution in [3.63, 3.8) is 0 Å². The lowest BCUT2D eigenvalue weighted by molar-refractivity contribution is 0.268. The first-order valence-electron chi connectivity index (χ1n) is 5.84. The molecule has 1 aliphatic heterocycles. The second-order valence-corrected chi connectivity index (χ2v) is 4.24. The summed E-state index contributed by atoms with van der Waals surface area (Å²) < 4.78 is 13.9. The highest BCUT2D eigenvalue weighted by Crippen LogP contribution is 2.23. The van der Waals surface area contributed by atoms with Gasteiger partial charge in [-0.2, -0.15) is 0 Å². The number of aliphatic hydroxyl groups excluding tert-OH is 1. The number of benzene rings is 1. The zero-order valence-corrected chi connectivity index (χ0v) is 9.69. The third-order valence-electron chi connectivity index (χ3n) is 3.05. The monoisotopic (exact) mass is 239 g/mol. The number of anilines is 1. The zero-order valence-electron chi connectivity index (χ0n) is 9.69. The van der Waals surface area contributed by atoms with Gasteiger partial charge in [0.15, 0.2) is 0 Å². The Kier molecular flexibility index (Phi) is 3.93. The number of halogens is 1. The summed E-state index contributed by atoms with van der Waals surface area (Å²) in [6, 6.07) is 4.42. The van der Waals surface area contributed by atoms with Crippen molar-refractivity contribution < 1.29 is 9.50 Å². The van der Waals surface area contributed by atoms with E-state index in [-0.39, 0.29) is 12.4 Å². The minimum Gasteiger partial charge on any atom is -0.394 e. The molecule has 2 rings (SSSR count). The van der Waals surface area contributed by atoms with E-state index < -0.39 is 6.04 Å². The van der Waals surface area contributed by atoms with Crippen LogP contribution in [0.3, 0.4) is 0 Å². The smallest absolute Gasteiger partial charge is 0.146 e. The van der Waals surface area contributed by atoms with Crippen LogP contribution in [-0.2, 0) is 0 Å². The molecule has 0 amide bonds. The predicted octanol–water partition coefficient (Wildman–Crippen LogP) is 0.227. The van der Waals surface area contributed by atoms with Crippen LogP contribution in [0.25, 0.3) is 0 Å². The largest absolute Gasteiger partial charge is 0.394 e. The number of nitrogens with zero attached hydrogens (tertiary/aromatic N) is 1. The molecule has 4 nitrogen and oxygen atoms in total. The SMILES string of the molecule is N[C@@H](CO)c1ccc(N2CCNCC2)c(F)c1. The first-order valence-corrected chi connectivity index (χ1v) is 5.84. The van der Waals surface area contributed by atoms with Gasteiger partial charge >= 0.3 is 0 Å². The second kappa shape index (κ2) is 5.44. The fourth-order valence-corrected chi connectivity index (χ4v) is 2.02. The van der Waals surface area contributed by atoms with Crippen LogP contribution in [-0.4, -0.2) is 37.9 Å². The van der Waals surface area contributed by atoms with Crippen molar-refractivity contribution in [3.05, 3.63) is 29.6 Å². The van der Waals surface area contributed by atoms with E-state index in [1.54, 1.807) is 12.1 Å². The minimum atomic E-state index is -0.512. The van der Waals surface area contributed by atoms with Gasteiger partial charge in [-0.05, 0) is 17.7 Å². The van der Waals surface area contributed by atoms with Crippen LogP contribution < -0.4 is 16.0 Å². The Labute approximate surface area is 100 Å². The molecule has 0 saturated carbocycles. The Morgan fingerprint density at radius 2 is 2.12 bits per heavy atom. The lowest BCUT2D eigenvalue weighted by Gasteiger charge is -2.30. The van der Waals surface area contributed by atoms with E-state index >= 15 is 0 Å². The summed E-state index contributed by atoms with van der Waals surface area (Å²) in [7, 11) is 0. The van der Waals surface area contributed by atoms with E-state index in [0.717, 1.165) is 26.2 Å². The maximum absolute atomic E-state index is 13.9. The molecule has 4 N–H and O–H groups in total. The van der Waals surface area contributed by atoms with Gasteiger partial charge in [0.2, 0.25) is 0 Å². The molecule has 5 heteroatoms. The summed E-state index contributed by atoms with van der Waals surface area (Å²) in [6.45, 7) is 3.19. The third kappa shape index (κ3) is 2.74. The van der Waals surface area contributed by atoms with Gasteiger partial charge in [-0.1, -0.05) is 6.07 Å². The van der Waals surface area contributed by atoms with Crippen LogP contribution in [0.1, 0.15) is 11.6 Å². The molecule has 1 aliphatic rings. The van der Waals surface area contributed by atoms with Crippen LogP contribution in [0.15, 0.2) is 18.2 Å². The summed E-state index contributed by atoms with van der Waals surface area (Å²) in [6.07, 6.45) is 0. The molecule has 1 saturated heterocycles. The van der Waals surface area contributed by atoms with Crippen LogP contribution in [0, 0.1) is 5.82 Å². The van der Waals surface area contributed by atoms with Gasteiger partial charge in [0.25, 0.3) is 0 Å². The average Bonchev–Trinajstić information content (AvgIpc) is 2.38. The number of hydrogen-bond acceptors (Lipinski definition) is 4. The lowest BCUT2D eigenvalue weighted by Crippen LogP contribution is -2.43. The number of piperazine rings is 1. The van der Waals surface area contributed by atoms with E-state index in [2.05, 4.69) is 5.32 Å². The Balaban J connectivity index is 2.18. The molecule has 94 valence electrons. The van der Waals surface area contributed by atoms with Crippen LogP contribution in [0.2, 0.25) is 0 Å². The lowest BCUT2D eigenvalue weighted by atomic mass is 10.1. The van der Waals surface area contributed by atoms with Gasteiger partial charge in [-0.25, -0.2) is 4.39 Å². The number of nitrogens with two attached hydrogens (primary N) is 1. The Morgan fingerprint density at radius 1 is 1.41 bits per heavy atom. The molecule has 1 aromatic carbocycles. The standard InChI is InChI=1S/C12H18FN3O/c13-10-7-9(11(14)8-17)1-2-12(10)16-5-3-15-4-6-16/h1-2,7,11,15,17H,3-6,8,14H2/t11-/m0/s1. The third-order valence-corrected chi connectivity index (χ3v) is 3.05. The second-order valence-electron chi connectivity index (χ2n) is 4.24. The summed E-state index contributed by atoms with van der Waals surface area (Å²) >= 11 is 0. The predicted molar refractivity (Wildman–Crippen MR) is 65.5 cm³/mol. The van der Waals surface area contributed by atoms with Gasteiger partial charge < -0.3 is 21.1 Å². The molecule has 17 heavy (non-hydrogen) atoms. The number of rotatable bonds is 3. The van der Waals surface area contributed by atoms with Gasteiger partial charge in [0.05, 0.1) is 18.3 Å². The van der Waals surface area contributed by atoms with E-state index in [1.165, 1.54) is 6.07 Å². The maximum Gasteiger partial charge on any atom is 0.146 e. The summed E-state index contributed by atoms with van der Waals surface area (Å²) in [5, 5.41) is 12.2. The average molecular weight is 239 g/mol. The van der Waals surface area contributed by atoms with Gasteiger partial charge in [-0.3, -0.25) is 0 Å². The van der Waals surface area contributed by atoms with Crippen molar-refractivity contribution in [3.8, 4) is 0 Å². The normalized spacial score (nSPS) is 18.2. The zero-order chi connectivity index (χ0) is 12.3. The van der Waals surface area contributed by atoms with Crippen LogP contribution in [0.4, 0.5) is 10.1 Å². The Morgan fingerprint density at radius 3 is 2.71 bits per heavy atom. The summed E-state index contributed by atoms with van der Waals surface area (Å²) in [4.78, 5) is 2.01. The number of nitrogens with one attached hydrogen (secondary N) is 1. The summed E-state index contributed by atoms with van der Waals surface area (Å²) in [5.74, 6) is -0.270. The van der Waals surface area contributed by atoms with Crippen molar-refractivity contribution in [2.45, 2.75) is 6.04 Å². The molecular formula is C12H18FN3O. The van der Waals surface area contributed by atoms with Gasteiger partial charge in [0, 0.05) is 26.2 Å². The molecule has 0 spiro atoms. The maximum atomic E-state index is 13.9. The molecule has 1 fully saturated rings. The summed E-state index contributed by atoms with van der Waals surface area (Å²) in [5.41, 5.74) is 6.89. The van der Waals surface area contributed by atoms with Crippen LogP contribution >= 0.6 is 0 Å². The van der Waals surface area contributed by atoms with Crippen molar-refractivity contribution in [2.24, 2.45) is 5.73 Å². The Hall–Kier alpha value is -1.17. The highest BCUT2D eigenvalue weighted by Gasteiger charge is 2.15. The first kappa shape index (κ1) is 12.3. The number of hydrogen-bond donors (Lipinski definition) is 3. The fourth-order valence-electron chi connectivity index (χ4n) is 2.02. The molecule has 0 aromatic heterocycles. The molecule has 1 heterocycles. The quantitative estimate of drug-likeness (QED) is 0.706. The molecule has 0 bridgehead atoms. The number of aliphatic hydroxyl groups is 1. The molecule has 1 aromatic rings. The highest BCUT2D eigenvalue weighted by atomic mass is 19.1. The molecule has 1 atom stereocenters. The minimum absolute atomic E-state index is 0.174. The van der Waals surface area contributed by atoms with Gasteiger partial charge in [0.1, 0.15) is 5.82 Å². The molecular weight excluding hydrogens is 221 g/mol. The molecule has 0 radical (unpaired) electrons. The van der Waals surface area contributed by atoms with Crippen molar-refractivity contribution in [1.82, 2.24) is 5.32 Å². The van der Waals surface area contributed by atoms with Crippen LogP contribution in [0.5, 0.6) is 0 Å². The van der Waals surface area contributed by atoms with Crippen molar-refractivity contribution >= 4 is 5.69 Å². The van der Waals surface area contributed by atoms with E-state index in [9.17, 15) is 4.39 Å². The topological polar surface area (TPSA) is 61.5 Å². The Bertz CT molecular complexity index is 380. The van der Waals surface area contributed by atoms with Crippen molar-refractivity contribution in [2.75, 3.05) is 37.7 Å². The van der Waals surface area contributed by atoms with E-state index in [4.69, 9.17) is 10.8 Å². The van der Waals surface area contributed by atoms with Gasteiger partial charge in [-0.15, -0.1) is 0 Å². The molecule has 0 unspecified atom stereocenters. The molecule has 0 aliphatic carbocycles.